The fourth-order valence-corrected chi connectivity index (χ4v) is 4.31. The number of ether oxygens (including phenoxy) is 2. The molecule has 0 fully saturated rings. The molecule has 0 saturated heterocycles. The summed E-state index contributed by atoms with van der Waals surface area (Å²) >= 11 is 1.37. The number of carbonyl (C=O) groups excluding carboxylic acids is 1. The molecule has 1 amide bonds. The second-order valence-electron chi connectivity index (χ2n) is 8.86. The minimum absolute atomic E-state index is 0.106. The Kier molecular flexibility index (Phi) is 8.98. The third kappa shape index (κ3) is 6.76. The highest BCUT2D eigenvalue weighted by Gasteiger charge is 2.22. The average Bonchev–Trinajstić information content (AvgIpc) is 3.20. The van der Waals surface area contributed by atoms with Crippen LogP contribution >= 0.6 is 11.8 Å². The van der Waals surface area contributed by atoms with Gasteiger partial charge < -0.3 is 19.4 Å². The Bertz CT molecular complexity index is 1080. The smallest absolute Gasteiger partial charge is 0.234 e. The molecule has 182 valence electrons. The third-order valence-electron chi connectivity index (χ3n) is 5.21. The van der Waals surface area contributed by atoms with Gasteiger partial charge in [-0.3, -0.25) is 4.79 Å². The average molecular weight is 483 g/mol. The normalized spacial score (nSPS) is 12.1. The zero-order valence-electron chi connectivity index (χ0n) is 20.7. The first-order valence-corrected chi connectivity index (χ1v) is 12.5. The Morgan fingerprint density at radius 3 is 2.38 bits per heavy atom. The van der Waals surface area contributed by atoms with Crippen LogP contribution in [0.25, 0.3) is 0 Å². The van der Waals surface area contributed by atoms with Crippen LogP contribution in [0.2, 0.25) is 0 Å². The molecule has 1 heterocycles. The summed E-state index contributed by atoms with van der Waals surface area (Å²) in [5.41, 5.74) is 1.88. The molecule has 3 rings (SSSR count). The molecule has 8 heteroatoms. The van der Waals surface area contributed by atoms with Crippen LogP contribution in [-0.2, 0) is 11.3 Å². The number of benzene rings is 2. The number of aromatic nitrogens is 3. The van der Waals surface area contributed by atoms with Crippen molar-refractivity contribution in [3.05, 3.63) is 59.9 Å². The maximum absolute atomic E-state index is 12.5. The molecule has 0 aliphatic heterocycles. The van der Waals surface area contributed by atoms with Crippen molar-refractivity contribution in [2.24, 2.45) is 5.92 Å². The van der Waals surface area contributed by atoms with Crippen molar-refractivity contribution >= 4 is 23.4 Å². The third-order valence-corrected chi connectivity index (χ3v) is 6.17. The van der Waals surface area contributed by atoms with E-state index in [0.29, 0.717) is 17.0 Å². The zero-order chi connectivity index (χ0) is 24.7. The van der Waals surface area contributed by atoms with Crippen molar-refractivity contribution < 1.29 is 14.3 Å². The van der Waals surface area contributed by atoms with E-state index in [-0.39, 0.29) is 17.8 Å². The molecule has 1 aromatic heterocycles. The van der Waals surface area contributed by atoms with Gasteiger partial charge >= 0.3 is 0 Å². The minimum atomic E-state index is -0.284. The van der Waals surface area contributed by atoms with Crippen LogP contribution in [-0.4, -0.2) is 33.5 Å². The van der Waals surface area contributed by atoms with E-state index >= 15 is 0 Å². The molecule has 2 aromatic carbocycles. The van der Waals surface area contributed by atoms with Gasteiger partial charge in [0, 0.05) is 12.2 Å². The summed E-state index contributed by atoms with van der Waals surface area (Å²) in [6.45, 7) is 11.3. The second-order valence-corrected chi connectivity index (χ2v) is 9.81. The van der Waals surface area contributed by atoms with Gasteiger partial charge in [-0.15, -0.1) is 10.2 Å². The van der Waals surface area contributed by atoms with Gasteiger partial charge in [-0.05, 0) is 54.7 Å². The summed E-state index contributed by atoms with van der Waals surface area (Å²) in [7, 11) is 1.61. The van der Waals surface area contributed by atoms with Crippen molar-refractivity contribution in [3.63, 3.8) is 0 Å². The first kappa shape index (κ1) is 25.6. The molecular weight excluding hydrogens is 448 g/mol. The molecule has 1 N–H and O–H groups in total. The van der Waals surface area contributed by atoms with E-state index in [2.05, 4.69) is 53.8 Å². The van der Waals surface area contributed by atoms with Gasteiger partial charge in [-0.1, -0.05) is 57.7 Å². The van der Waals surface area contributed by atoms with Crippen LogP contribution in [0, 0.1) is 5.92 Å². The Hall–Kier alpha value is -3.00. The van der Waals surface area contributed by atoms with Crippen molar-refractivity contribution in [3.8, 4) is 11.5 Å². The molecule has 0 aliphatic carbocycles. The largest absolute Gasteiger partial charge is 0.497 e. The van der Waals surface area contributed by atoms with Crippen molar-refractivity contribution in [2.75, 3.05) is 18.2 Å². The van der Waals surface area contributed by atoms with Crippen LogP contribution in [0.3, 0.4) is 0 Å². The van der Waals surface area contributed by atoms with Gasteiger partial charge in [0.2, 0.25) is 5.91 Å². The van der Waals surface area contributed by atoms with Gasteiger partial charge in [0.25, 0.3) is 0 Å². The summed E-state index contributed by atoms with van der Waals surface area (Å²) in [6.07, 6.45) is -0.284. The number of methoxy groups -OCH3 is 1. The van der Waals surface area contributed by atoms with E-state index in [1.54, 1.807) is 7.11 Å². The Morgan fingerprint density at radius 1 is 1.03 bits per heavy atom. The minimum Gasteiger partial charge on any atom is -0.497 e. The number of nitrogens with one attached hydrogen (secondary N) is 1. The van der Waals surface area contributed by atoms with Gasteiger partial charge in [-0.2, -0.15) is 0 Å². The molecule has 1 unspecified atom stereocenters. The number of amides is 1. The van der Waals surface area contributed by atoms with Crippen LogP contribution in [0.1, 0.15) is 58.0 Å². The lowest BCUT2D eigenvalue weighted by Crippen LogP contribution is -2.17. The van der Waals surface area contributed by atoms with E-state index in [4.69, 9.17) is 9.47 Å². The molecule has 3 aromatic rings. The first-order chi connectivity index (χ1) is 16.3. The predicted molar refractivity (Wildman–Crippen MR) is 137 cm³/mol. The number of rotatable bonds is 11. The highest BCUT2D eigenvalue weighted by atomic mass is 32.2. The van der Waals surface area contributed by atoms with Crippen molar-refractivity contribution in [1.82, 2.24) is 14.8 Å². The molecule has 34 heavy (non-hydrogen) atoms. The monoisotopic (exact) mass is 482 g/mol. The molecule has 0 aliphatic rings. The van der Waals surface area contributed by atoms with E-state index < -0.39 is 0 Å². The summed E-state index contributed by atoms with van der Waals surface area (Å²) in [5.74, 6) is 3.22. The first-order valence-electron chi connectivity index (χ1n) is 11.5. The van der Waals surface area contributed by atoms with E-state index in [1.165, 1.54) is 11.8 Å². The van der Waals surface area contributed by atoms with Crippen LogP contribution in [0.5, 0.6) is 11.5 Å². The highest BCUT2D eigenvalue weighted by Crippen LogP contribution is 2.31. The number of hydrogen-bond donors (Lipinski definition) is 1. The SMILES string of the molecule is COc1ccc(NC(=O)CSc2nnc(C(C)Oc3ccccc3C(C)C)n2CC(C)C)cc1. The van der Waals surface area contributed by atoms with Crippen molar-refractivity contribution in [2.45, 2.75) is 58.3 Å². The summed E-state index contributed by atoms with van der Waals surface area (Å²) in [6, 6.07) is 15.3. The maximum Gasteiger partial charge on any atom is 0.234 e. The topological polar surface area (TPSA) is 78.3 Å². The molecule has 0 spiro atoms. The maximum atomic E-state index is 12.5. The van der Waals surface area contributed by atoms with Crippen molar-refractivity contribution in [1.29, 1.82) is 0 Å². The number of para-hydroxylation sites is 1. The summed E-state index contributed by atoms with van der Waals surface area (Å²) in [5, 5.41) is 12.4. The van der Waals surface area contributed by atoms with Gasteiger partial charge in [0.1, 0.15) is 11.5 Å². The highest BCUT2D eigenvalue weighted by molar-refractivity contribution is 7.99. The molecular formula is C26H34N4O3S. The lowest BCUT2D eigenvalue weighted by atomic mass is 10.0. The van der Waals surface area contributed by atoms with Gasteiger partial charge in [0.05, 0.1) is 12.9 Å². The van der Waals surface area contributed by atoms with Crippen LogP contribution < -0.4 is 14.8 Å². The molecule has 7 nitrogen and oxygen atoms in total. The van der Waals surface area contributed by atoms with Gasteiger partial charge in [0.15, 0.2) is 17.1 Å². The fraction of sp³-hybridized carbons (Fsp3) is 0.423. The predicted octanol–water partition coefficient (Wildman–Crippen LogP) is 5.94. The van der Waals surface area contributed by atoms with E-state index in [0.717, 1.165) is 35.1 Å². The summed E-state index contributed by atoms with van der Waals surface area (Å²) < 4.78 is 13.6. The summed E-state index contributed by atoms with van der Waals surface area (Å²) in [4.78, 5) is 12.5. The Morgan fingerprint density at radius 2 is 1.74 bits per heavy atom. The van der Waals surface area contributed by atoms with E-state index in [9.17, 15) is 4.79 Å². The Labute approximate surface area is 206 Å². The number of thioether (sulfide) groups is 1. The fourth-order valence-electron chi connectivity index (χ4n) is 3.55. The molecule has 0 radical (unpaired) electrons. The standard InChI is InChI=1S/C26H34N4O3S/c1-17(2)15-30-25(19(5)33-23-10-8-7-9-22(23)18(3)4)28-29-26(30)34-16-24(31)27-20-11-13-21(32-6)14-12-20/h7-14,17-19H,15-16H2,1-6H3,(H,27,31). The zero-order valence-corrected chi connectivity index (χ0v) is 21.6. The number of carbonyl (C=O) groups is 1. The molecule has 1 atom stereocenters. The van der Waals surface area contributed by atoms with Gasteiger partial charge in [-0.25, -0.2) is 0 Å². The number of hydrogen-bond acceptors (Lipinski definition) is 6. The quantitative estimate of drug-likeness (QED) is 0.341. The van der Waals surface area contributed by atoms with E-state index in [1.807, 2.05) is 49.4 Å². The second kappa shape index (κ2) is 11.9. The Balaban J connectivity index is 1.71. The van der Waals surface area contributed by atoms with Crippen LogP contribution in [0.15, 0.2) is 53.7 Å². The number of nitrogens with zero attached hydrogens (tertiary/aromatic N) is 3. The molecule has 0 saturated carbocycles. The number of anilines is 1. The lowest BCUT2D eigenvalue weighted by molar-refractivity contribution is -0.113. The molecule has 0 bridgehead atoms. The van der Waals surface area contributed by atoms with Crippen LogP contribution in [0.4, 0.5) is 5.69 Å². The lowest BCUT2D eigenvalue weighted by Gasteiger charge is -2.20.